The molecule has 1 N–H and O–H groups in total. The van der Waals surface area contributed by atoms with Crippen LogP contribution in [-0.2, 0) is 9.59 Å². The molecule has 2 fully saturated rings. The van der Waals surface area contributed by atoms with E-state index in [1.54, 1.807) is 18.2 Å². The monoisotopic (exact) mass is 361 g/mol. The number of piperazine rings is 1. The molecule has 0 atom stereocenters. The Morgan fingerprint density at radius 1 is 1.00 bits per heavy atom. The van der Waals surface area contributed by atoms with Gasteiger partial charge in [-0.1, -0.05) is 12.1 Å². The fourth-order valence-electron chi connectivity index (χ4n) is 3.90. The average molecular weight is 361 g/mol. The zero-order valence-electron chi connectivity index (χ0n) is 14.5. The molecule has 0 aromatic heterocycles. The normalized spacial score (nSPS) is 23.5. The van der Waals surface area contributed by atoms with Gasteiger partial charge in [-0.15, -0.1) is 0 Å². The highest BCUT2D eigenvalue weighted by Gasteiger charge is 2.33. The Morgan fingerprint density at radius 3 is 2.15 bits per heavy atom. The average Bonchev–Trinajstić information content (AvgIpc) is 2.67. The summed E-state index contributed by atoms with van der Waals surface area (Å²) in [5.74, 6) is -1.09. The highest BCUT2D eigenvalue weighted by atomic mass is 16.6. The van der Waals surface area contributed by atoms with E-state index in [2.05, 4.69) is 0 Å². The summed E-state index contributed by atoms with van der Waals surface area (Å²) in [7, 11) is 0. The van der Waals surface area contributed by atoms with Crippen LogP contribution in [0.1, 0.15) is 25.7 Å². The number of carboxylic acid groups (broad SMARTS) is 1. The molecule has 2 aliphatic rings. The summed E-state index contributed by atoms with van der Waals surface area (Å²) < 4.78 is 0. The fraction of sp³-hybridized carbons (Fsp3) is 0.556. The van der Waals surface area contributed by atoms with Crippen LogP contribution in [0.4, 0.5) is 11.4 Å². The topological polar surface area (TPSA) is 104 Å². The third-order valence-corrected chi connectivity index (χ3v) is 5.44. The molecule has 0 spiro atoms. The van der Waals surface area contributed by atoms with Crippen molar-refractivity contribution >= 4 is 23.3 Å². The Kier molecular flexibility index (Phi) is 5.39. The molecule has 8 heteroatoms. The van der Waals surface area contributed by atoms with Crippen LogP contribution in [0.5, 0.6) is 0 Å². The van der Waals surface area contributed by atoms with Crippen LogP contribution in [0.25, 0.3) is 0 Å². The van der Waals surface area contributed by atoms with Gasteiger partial charge in [-0.05, 0) is 31.7 Å². The standard InChI is InChI=1S/C18H23N3O5/c22-17(13-5-7-14(8-6-13)18(23)24)20-11-9-19(10-12-20)15-3-1-2-4-16(15)21(25)26/h1-4,13-14H,5-12H2,(H,23,24). The number of amides is 1. The van der Waals surface area contributed by atoms with Crippen molar-refractivity contribution in [2.45, 2.75) is 25.7 Å². The van der Waals surface area contributed by atoms with E-state index in [9.17, 15) is 19.7 Å². The summed E-state index contributed by atoms with van der Waals surface area (Å²) in [5.41, 5.74) is 0.672. The van der Waals surface area contributed by atoms with Gasteiger partial charge in [0.1, 0.15) is 5.69 Å². The highest BCUT2D eigenvalue weighted by Crippen LogP contribution is 2.32. The van der Waals surface area contributed by atoms with E-state index < -0.39 is 5.97 Å². The van der Waals surface area contributed by atoms with Crippen LogP contribution in [0, 0.1) is 22.0 Å². The molecular weight excluding hydrogens is 338 g/mol. The first kappa shape index (κ1) is 18.2. The molecule has 1 aliphatic carbocycles. The molecule has 0 bridgehead atoms. The number of carboxylic acids is 1. The van der Waals surface area contributed by atoms with Crippen LogP contribution in [-0.4, -0.2) is 53.0 Å². The van der Waals surface area contributed by atoms with Crippen molar-refractivity contribution in [3.05, 3.63) is 34.4 Å². The first-order valence-electron chi connectivity index (χ1n) is 8.97. The minimum absolute atomic E-state index is 0.0827. The van der Waals surface area contributed by atoms with Gasteiger partial charge in [0.05, 0.1) is 10.8 Å². The summed E-state index contributed by atoms with van der Waals surface area (Å²) >= 11 is 0. The van der Waals surface area contributed by atoms with Gasteiger partial charge in [-0.2, -0.15) is 0 Å². The molecule has 1 heterocycles. The van der Waals surface area contributed by atoms with E-state index in [1.165, 1.54) is 6.07 Å². The van der Waals surface area contributed by atoms with Crippen molar-refractivity contribution in [2.75, 3.05) is 31.1 Å². The van der Waals surface area contributed by atoms with Gasteiger partial charge in [0.2, 0.25) is 5.91 Å². The predicted molar refractivity (Wildman–Crippen MR) is 95.0 cm³/mol. The lowest BCUT2D eigenvalue weighted by Gasteiger charge is -2.38. The van der Waals surface area contributed by atoms with Gasteiger partial charge in [-0.3, -0.25) is 19.7 Å². The molecule has 0 unspecified atom stereocenters. The predicted octanol–water partition coefficient (Wildman–Crippen LogP) is 2.13. The Labute approximate surface area is 151 Å². The van der Waals surface area contributed by atoms with Crippen molar-refractivity contribution in [3.63, 3.8) is 0 Å². The molecule has 1 aromatic carbocycles. The zero-order chi connectivity index (χ0) is 18.7. The first-order chi connectivity index (χ1) is 12.5. The molecule has 140 valence electrons. The Hall–Kier alpha value is -2.64. The second-order valence-electron chi connectivity index (χ2n) is 6.94. The van der Waals surface area contributed by atoms with E-state index in [-0.39, 0.29) is 28.4 Å². The number of hydrogen-bond acceptors (Lipinski definition) is 5. The number of anilines is 1. The molecule has 1 aliphatic heterocycles. The largest absolute Gasteiger partial charge is 0.481 e. The lowest BCUT2D eigenvalue weighted by Crippen LogP contribution is -2.51. The van der Waals surface area contributed by atoms with Gasteiger partial charge >= 0.3 is 5.97 Å². The third kappa shape index (κ3) is 3.79. The maximum atomic E-state index is 12.7. The van der Waals surface area contributed by atoms with Crippen molar-refractivity contribution in [3.8, 4) is 0 Å². The molecule has 1 saturated carbocycles. The summed E-state index contributed by atoms with van der Waals surface area (Å²) in [6, 6.07) is 6.66. The lowest BCUT2D eigenvalue weighted by molar-refractivity contribution is -0.384. The minimum Gasteiger partial charge on any atom is -0.481 e. The van der Waals surface area contributed by atoms with Crippen molar-refractivity contribution < 1.29 is 19.6 Å². The van der Waals surface area contributed by atoms with E-state index >= 15 is 0 Å². The molecular formula is C18H23N3O5. The van der Waals surface area contributed by atoms with Gasteiger partial charge in [0.15, 0.2) is 0 Å². The maximum Gasteiger partial charge on any atom is 0.306 e. The van der Waals surface area contributed by atoms with Gasteiger partial charge in [0.25, 0.3) is 5.69 Å². The lowest BCUT2D eigenvalue weighted by atomic mass is 9.81. The van der Waals surface area contributed by atoms with Crippen molar-refractivity contribution in [2.24, 2.45) is 11.8 Å². The molecule has 26 heavy (non-hydrogen) atoms. The summed E-state index contributed by atoms with van der Waals surface area (Å²) in [6.45, 7) is 2.18. The summed E-state index contributed by atoms with van der Waals surface area (Å²) in [5, 5.41) is 20.3. The maximum absolute atomic E-state index is 12.7. The van der Waals surface area contributed by atoms with Gasteiger partial charge in [-0.25, -0.2) is 0 Å². The van der Waals surface area contributed by atoms with E-state index in [0.717, 1.165) is 0 Å². The van der Waals surface area contributed by atoms with Crippen molar-refractivity contribution in [1.82, 2.24) is 4.90 Å². The van der Waals surface area contributed by atoms with Gasteiger partial charge in [0, 0.05) is 38.2 Å². The van der Waals surface area contributed by atoms with E-state index in [1.807, 2.05) is 9.80 Å². The number of nitro groups is 1. The van der Waals surface area contributed by atoms with E-state index in [4.69, 9.17) is 5.11 Å². The summed E-state index contributed by atoms with van der Waals surface area (Å²) in [4.78, 5) is 38.3. The molecule has 3 rings (SSSR count). The van der Waals surface area contributed by atoms with Crippen LogP contribution < -0.4 is 4.90 Å². The number of para-hydroxylation sites is 2. The molecule has 1 saturated heterocycles. The Morgan fingerprint density at radius 2 is 1.58 bits per heavy atom. The number of nitro benzene ring substituents is 1. The second-order valence-corrected chi connectivity index (χ2v) is 6.94. The number of carbonyl (C=O) groups excluding carboxylic acids is 1. The SMILES string of the molecule is O=C(O)C1CCC(C(=O)N2CCN(c3ccccc3[N+](=O)[O-])CC2)CC1. The van der Waals surface area contributed by atoms with E-state index in [0.29, 0.717) is 57.5 Å². The number of rotatable bonds is 4. The van der Waals surface area contributed by atoms with Gasteiger partial charge < -0.3 is 14.9 Å². The number of aliphatic carboxylic acids is 1. The Bertz CT molecular complexity index is 692. The highest BCUT2D eigenvalue weighted by molar-refractivity contribution is 5.80. The number of hydrogen-bond donors (Lipinski definition) is 1. The second kappa shape index (κ2) is 7.72. The number of carbonyl (C=O) groups is 2. The number of benzene rings is 1. The van der Waals surface area contributed by atoms with Crippen LogP contribution in [0.3, 0.4) is 0 Å². The first-order valence-corrected chi connectivity index (χ1v) is 8.97. The molecule has 0 radical (unpaired) electrons. The zero-order valence-corrected chi connectivity index (χ0v) is 14.5. The van der Waals surface area contributed by atoms with Crippen LogP contribution in [0.2, 0.25) is 0 Å². The number of nitrogens with zero attached hydrogens (tertiary/aromatic N) is 3. The molecule has 1 aromatic rings. The van der Waals surface area contributed by atoms with Crippen LogP contribution >= 0.6 is 0 Å². The van der Waals surface area contributed by atoms with Crippen molar-refractivity contribution in [1.29, 1.82) is 0 Å². The molecule has 8 nitrogen and oxygen atoms in total. The smallest absolute Gasteiger partial charge is 0.306 e. The van der Waals surface area contributed by atoms with Crippen LogP contribution in [0.15, 0.2) is 24.3 Å². The molecule has 1 amide bonds. The fourth-order valence-corrected chi connectivity index (χ4v) is 3.90. The third-order valence-electron chi connectivity index (χ3n) is 5.44. The Balaban J connectivity index is 1.57. The quantitative estimate of drug-likeness (QED) is 0.651. The summed E-state index contributed by atoms with van der Waals surface area (Å²) in [6.07, 6.45) is 2.37. The minimum atomic E-state index is -0.769.